The average Bonchev–Trinajstić information content (AvgIpc) is 2.56. The van der Waals surface area contributed by atoms with Crippen LogP contribution in [-0.4, -0.2) is 60.6 Å². The van der Waals surface area contributed by atoms with E-state index in [1.54, 1.807) is 6.92 Å². The van der Waals surface area contributed by atoms with E-state index in [1.165, 1.54) is 0 Å². The van der Waals surface area contributed by atoms with Gasteiger partial charge in [0.1, 0.15) is 12.7 Å². The summed E-state index contributed by atoms with van der Waals surface area (Å²) in [5, 5.41) is 0. The van der Waals surface area contributed by atoms with Crippen LogP contribution in [0.5, 0.6) is 11.5 Å². The first kappa shape index (κ1) is 16.1. The van der Waals surface area contributed by atoms with E-state index in [0.29, 0.717) is 6.61 Å². The number of hydrogen-bond donors (Lipinski definition) is 0. The molecule has 2 heterocycles. The number of hydrogen-bond acceptors (Lipinski definition) is 4. The minimum atomic E-state index is -0.0289. The highest BCUT2D eigenvalue weighted by Crippen LogP contribution is 2.32. The predicted octanol–water partition coefficient (Wildman–Crippen LogP) is 2.16. The Morgan fingerprint density at radius 2 is 1.96 bits per heavy atom. The summed E-state index contributed by atoms with van der Waals surface area (Å²) in [4.78, 5) is 15.9. The molecule has 3 rings (SSSR count). The Morgan fingerprint density at radius 1 is 1.30 bits per heavy atom. The number of rotatable bonds is 3. The molecule has 2 aliphatic rings. The summed E-state index contributed by atoms with van der Waals surface area (Å²) in [6.45, 7) is 7.25. The van der Waals surface area contributed by atoms with Gasteiger partial charge in [0.25, 0.3) is 0 Å². The first-order valence-electron chi connectivity index (χ1n) is 8.33. The molecule has 0 radical (unpaired) electrons. The van der Waals surface area contributed by atoms with Gasteiger partial charge in [0.2, 0.25) is 5.91 Å². The molecule has 1 saturated heterocycles. The minimum Gasteiger partial charge on any atom is -0.486 e. The number of amides is 1. The smallest absolute Gasteiger partial charge is 0.219 e. The van der Waals surface area contributed by atoms with E-state index in [-0.39, 0.29) is 17.6 Å². The summed E-state index contributed by atoms with van der Waals surface area (Å²) < 4.78 is 11.8. The summed E-state index contributed by atoms with van der Waals surface area (Å²) in [5.74, 6) is 1.81. The quantitative estimate of drug-likeness (QED) is 0.856. The molecule has 23 heavy (non-hydrogen) atoms. The fourth-order valence-electron chi connectivity index (χ4n) is 3.37. The molecule has 5 heteroatoms. The maximum atomic E-state index is 11.6. The summed E-state index contributed by atoms with van der Waals surface area (Å²) in [6.07, 6.45) is 2.06. The summed E-state index contributed by atoms with van der Waals surface area (Å²) in [7, 11) is 1.91. The van der Waals surface area contributed by atoms with Gasteiger partial charge in [-0.3, -0.25) is 9.69 Å². The number of benzene rings is 1. The standard InChI is InChI=1S/C18H26N2O3/c1-14(21)19(3)18(2)8-10-20(11-9-18)12-15-13-22-16-6-4-5-7-17(16)23-15/h4-7,15H,8-13H2,1-3H3. The lowest BCUT2D eigenvalue weighted by Crippen LogP contribution is -2.55. The van der Waals surface area contributed by atoms with Crippen molar-refractivity contribution in [2.75, 3.05) is 33.3 Å². The second-order valence-corrected chi connectivity index (χ2v) is 6.87. The Hall–Kier alpha value is -1.75. The van der Waals surface area contributed by atoms with Crippen molar-refractivity contribution >= 4 is 5.91 Å². The van der Waals surface area contributed by atoms with Crippen LogP contribution >= 0.6 is 0 Å². The van der Waals surface area contributed by atoms with Gasteiger partial charge in [-0.15, -0.1) is 0 Å². The van der Waals surface area contributed by atoms with E-state index in [2.05, 4.69) is 11.8 Å². The molecule has 0 saturated carbocycles. The van der Waals surface area contributed by atoms with Crippen molar-refractivity contribution in [1.82, 2.24) is 9.80 Å². The highest BCUT2D eigenvalue weighted by atomic mass is 16.6. The molecular weight excluding hydrogens is 292 g/mol. The molecule has 1 aromatic carbocycles. The lowest BCUT2D eigenvalue weighted by atomic mass is 9.88. The highest BCUT2D eigenvalue weighted by Gasteiger charge is 2.36. The normalized spacial score (nSPS) is 23.3. The summed E-state index contributed by atoms with van der Waals surface area (Å²) >= 11 is 0. The molecule has 0 aliphatic carbocycles. The number of likely N-dealkylation sites (tertiary alicyclic amines) is 1. The Balaban J connectivity index is 1.53. The molecule has 5 nitrogen and oxygen atoms in total. The van der Waals surface area contributed by atoms with Gasteiger partial charge >= 0.3 is 0 Å². The highest BCUT2D eigenvalue weighted by molar-refractivity contribution is 5.73. The first-order chi connectivity index (χ1) is 11.0. The lowest BCUT2D eigenvalue weighted by molar-refractivity contribution is -0.134. The monoisotopic (exact) mass is 318 g/mol. The number of para-hydroxylation sites is 2. The Kier molecular flexibility index (Phi) is 4.48. The molecular formula is C18H26N2O3. The van der Waals surface area contributed by atoms with Gasteiger partial charge in [0, 0.05) is 39.1 Å². The van der Waals surface area contributed by atoms with Crippen molar-refractivity contribution in [3.05, 3.63) is 24.3 Å². The van der Waals surface area contributed by atoms with Crippen molar-refractivity contribution in [1.29, 1.82) is 0 Å². The van der Waals surface area contributed by atoms with E-state index in [9.17, 15) is 4.79 Å². The SMILES string of the molecule is CC(=O)N(C)C1(C)CCN(CC2COc3ccccc3O2)CC1. The van der Waals surface area contributed by atoms with Crippen LogP contribution < -0.4 is 9.47 Å². The van der Waals surface area contributed by atoms with Crippen LogP contribution in [-0.2, 0) is 4.79 Å². The van der Waals surface area contributed by atoms with Crippen molar-refractivity contribution < 1.29 is 14.3 Å². The Morgan fingerprint density at radius 3 is 2.61 bits per heavy atom. The molecule has 0 spiro atoms. The van der Waals surface area contributed by atoms with Crippen LogP contribution in [0.3, 0.4) is 0 Å². The second kappa shape index (κ2) is 6.40. The zero-order chi connectivity index (χ0) is 16.4. The van der Waals surface area contributed by atoms with Gasteiger partial charge in [-0.05, 0) is 31.9 Å². The molecule has 0 aromatic heterocycles. The minimum absolute atomic E-state index is 0.0289. The molecule has 1 amide bonds. The van der Waals surface area contributed by atoms with Crippen LogP contribution in [0.4, 0.5) is 0 Å². The second-order valence-electron chi connectivity index (χ2n) is 6.87. The first-order valence-corrected chi connectivity index (χ1v) is 8.33. The predicted molar refractivity (Wildman–Crippen MR) is 88.9 cm³/mol. The van der Waals surface area contributed by atoms with Crippen molar-refractivity contribution in [2.45, 2.75) is 38.3 Å². The van der Waals surface area contributed by atoms with Gasteiger partial charge in [0.05, 0.1) is 0 Å². The van der Waals surface area contributed by atoms with Crippen LogP contribution in [0.25, 0.3) is 0 Å². The maximum absolute atomic E-state index is 11.6. The average molecular weight is 318 g/mol. The van der Waals surface area contributed by atoms with Crippen molar-refractivity contribution in [3.63, 3.8) is 0 Å². The third-order valence-corrected chi connectivity index (χ3v) is 5.24. The Labute approximate surface area is 138 Å². The molecule has 126 valence electrons. The number of nitrogens with zero attached hydrogens (tertiary/aromatic N) is 2. The van der Waals surface area contributed by atoms with Crippen LogP contribution in [0.2, 0.25) is 0 Å². The molecule has 1 aromatic rings. The van der Waals surface area contributed by atoms with Crippen LogP contribution in [0.15, 0.2) is 24.3 Å². The molecule has 1 atom stereocenters. The van der Waals surface area contributed by atoms with E-state index < -0.39 is 0 Å². The van der Waals surface area contributed by atoms with Crippen molar-refractivity contribution in [2.24, 2.45) is 0 Å². The van der Waals surface area contributed by atoms with E-state index >= 15 is 0 Å². The molecule has 2 aliphatic heterocycles. The van der Waals surface area contributed by atoms with Gasteiger partial charge in [-0.2, -0.15) is 0 Å². The topological polar surface area (TPSA) is 42.0 Å². The van der Waals surface area contributed by atoms with E-state index in [0.717, 1.165) is 44.0 Å². The number of fused-ring (bicyclic) bond motifs is 1. The van der Waals surface area contributed by atoms with Gasteiger partial charge in [0.15, 0.2) is 11.5 Å². The molecule has 0 N–H and O–H groups in total. The largest absolute Gasteiger partial charge is 0.486 e. The number of carbonyl (C=O) groups is 1. The molecule has 1 fully saturated rings. The van der Waals surface area contributed by atoms with Crippen LogP contribution in [0.1, 0.15) is 26.7 Å². The summed E-state index contributed by atoms with van der Waals surface area (Å²) in [6, 6.07) is 7.82. The van der Waals surface area contributed by atoms with E-state index in [4.69, 9.17) is 9.47 Å². The number of ether oxygens (including phenoxy) is 2. The molecule has 0 bridgehead atoms. The van der Waals surface area contributed by atoms with Gasteiger partial charge in [-0.1, -0.05) is 12.1 Å². The van der Waals surface area contributed by atoms with Crippen molar-refractivity contribution in [3.8, 4) is 11.5 Å². The zero-order valence-electron chi connectivity index (χ0n) is 14.2. The van der Waals surface area contributed by atoms with Crippen LogP contribution in [0, 0.1) is 0 Å². The lowest BCUT2D eigenvalue weighted by Gasteiger charge is -2.45. The number of carbonyl (C=O) groups excluding carboxylic acids is 1. The van der Waals surface area contributed by atoms with Gasteiger partial charge in [-0.25, -0.2) is 0 Å². The number of piperidine rings is 1. The van der Waals surface area contributed by atoms with Gasteiger partial charge < -0.3 is 14.4 Å². The zero-order valence-corrected chi connectivity index (χ0v) is 14.2. The summed E-state index contributed by atoms with van der Waals surface area (Å²) in [5.41, 5.74) is -0.0289. The fraction of sp³-hybridized carbons (Fsp3) is 0.611. The fourth-order valence-corrected chi connectivity index (χ4v) is 3.37. The van der Waals surface area contributed by atoms with E-state index in [1.807, 2.05) is 36.2 Å². The maximum Gasteiger partial charge on any atom is 0.219 e. The molecule has 1 unspecified atom stereocenters. The Bertz CT molecular complexity index is 567. The third kappa shape index (κ3) is 3.44. The third-order valence-electron chi connectivity index (χ3n) is 5.24.